The van der Waals surface area contributed by atoms with Gasteiger partial charge in [-0.15, -0.1) is 11.6 Å². The summed E-state index contributed by atoms with van der Waals surface area (Å²) in [6, 6.07) is 14.8. The first-order valence-corrected chi connectivity index (χ1v) is 6.56. The molecule has 2 aromatic heterocycles. The summed E-state index contributed by atoms with van der Waals surface area (Å²) in [6.07, 6.45) is 1.88. The second-order valence-corrected chi connectivity index (χ2v) is 4.40. The van der Waals surface area contributed by atoms with Crippen molar-refractivity contribution < 1.29 is 4.74 Å². The van der Waals surface area contributed by atoms with Gasteiger partial charge in [0.2, 0.25) is 5.88 Å². The highest BCUT2D eigenvalue weighted by Crippen LogP contribution is 2.28. The zero-order chi connectivity index (χ0) is 13.9. The number of fused-ring (bicyclic) bond motifs is 1. The van der Waals surface area contributed by atoms with E-state index in [0.717, 1.165) is 11.3 Å². The van der Waals surface area contributed by atoms with E-state index in [-0.39, 0.29) is 5.88 Å². The molecule has 0 aliphatic rings. The first kappa shape index (κ1) is 12.5. The molecule has 1 aromatic carbocycles. The van der Waals surface area contributed by atoms with Crippen LogP contribution in [-0.4, -0.2) is 9.38 Å². The van der Waals surface area contributed by atoms with Crippen molar-refractivity contribution in [2.24, 2.45) is 0 Å². The molecule has 0 fully saturated rings. The average molecular weight is 284 g/mol. The smallest absolute Gasteiger partial charge is 0.242 e. The maximum atomic E-state index is 9.08. The van der Waals surface area contributed by atoms with Crippen LogP contribution in [0.1, 0.15) is 11.3 Å². The molecule has 0 atom stereocenters. The monoisotopic (exact) mass is 283 g/mol. The highest BCUT2D eigenvalue weighted by Gasteiger charge is 2.14. The molecule has 0 bridgehead atoms. The van der Waals surface area contributed by atoms with Crippen molar-refractivity contribution in [1.29, 1.82) is 5.26 Å². The fourth-order valence-corrected chi connectivity index (χ4v) is 2.22. The summed E-state index contributed by atoms with van der Waals surface area (Å²) in [6.45, 7) is 0. The minimum Gasteiger partial charge on any atom is -0.436 e. The molecular formula is C15H10ClN3O. The maximum Gasteiger partial charge on any atom is 0.242 e. The molecule has 0 radical (unpaired) electrons. The summed E-state index contributed by atoms with van der Waals surface area (Å²) in [5.41, 5.74) is 1.98. The van der Waals surface area contributed by atoms with Crippen molar-refractivity contribution >= 4 is 17.2 Å². The molecule has 98 valence electrons. The lowest BCUT2D eigenvalue weighted by Gasteiger charge is -2.05. The quantitative estimate of drug-likeness (QED) is 0.688. The van der Waals surface area contributed by atoms with Crippen LogP contribution in [0.5, 0.6) is 11.6 Å². The van der Waals surface area contributed by atoms with Crippen LogP contribution in [0, 0.1) is 11.3 Å². The number of nitriles is 1. The van der Waals surface area contributed by atoms with Gasteiger partial charge in [-0.2, -0.15) is 10.2 Å². The molecule has 3 rings (SSSR count). The molecule has 3 aromatic rings. The van der Waals surface area contributed by atoms with Crippen molar-refractivity contribution in [3.8, 4) is 17.7 Å². The Morgan fingerprint density at radius 2 is 2.00 bits per heavy atom. The van der Waals surface area contributed by atoms with E-state index < -0.39 is 0 Å². The van der Waals surface area contributed by atoms with E-state index in [1.165, 1.54) is 0 Å². The number of alkyl halides is 1. The second-order valence-electron chi connectivity index (χ2n) is 4.14. The lowest BCUT2D eigenvalue weighted by molar-refractivity contribution is 0.460. The first-order chi connectivity index (χ1) is 9.83. The van der Waals surface area contributed by atoms with Crippen LogP contribution >= 0.6 is 11.6 Å². The number of ether oxygens (including phenoxy) is 1. The van der Waals surface area contributed by atoms with Crippen molar-refractivity contribution in [3.05, 3.63) is 59.9 Å². The van der Waals surface area contributed by atoms with Gasteiger partial charge in [0.15, 0.2) is 0 Å². The lowest BCUT2D eigenvalue weighted by atomic mass is 10.2. The van der Waals surface area contributed by atoms with Gasteiger partial charge < -0.3 is 4.74 Å². The maximum absolute atomic E-state index is 9.08. The first-order valence-electron chi connectivity index (χ1n) is 6.02. The highest BCUT2D eigenvalue weighted by atomic mass is 35.5. The van der Waals surface area contributed by atoms with Gasteiger partial charge in [-0.05, 0) is 24.3 Å². The molecule has 0 aliphatic heterocycles. The summed E-state index contributed by atoms with van der Waals surface area (Å²) in [7, 11) is 0. The molecule has 5 heteroatoms. The summed E-state index contributed by atoms with van der Waals surface area (Å²) in [5, 5.41) is 9.08. The van der Waals surface area contributed by atoms with Gasteiger partial charge in [-0.1, -0.05) is 18.2 Å². The molecule has 0 saturated heterocycles. The van der Waals surface area contributed by atoms with Crippen molar-refractivity contribution in [2.45, 2.75) is 5.88 Å². The third-order valence-corrected chi connectivity index (χ3v) is 3.19. The Balaban J connectivity index is 2.09. The number of hydrogen-bond donors (Lipinski definition) is 0. The number of rotatable bonds is 3. The van der Waals surface area contributed by atoms with Crippen LogP contribution < -0.4 is 4.74 Å². The van der Waals surface area contributed by atoms with Crippen LogP contribution in [-0.2, 0) is 5.88 Å². The lowest BCUT2D eigenvalue weighted by Crippen LogP contribution is -1.93. The predicted molar refractivity (Wildman–Crippen MR) is 76.0 cm³/mol. The molecule has 0 amide bonds. The average Bonchev–Trinajstić information content (AvgIpc) is 2.85. The Labute approximate surface area is 120 Å². The highest BCUT2D eigenvalue weighted by molar-refractivity contribution is 6.17. The number of imidazole rings is 1. The standard InChI is InChI=1S/C15H10ClN3O/c16-9-12-15(18-14-7-3-4-8-19(12)14)20-13-6-2-1-5-11(13)10-17/h1-8H,9H2. The van der Waals surface area contributed by atoms with E-state index in [9.17, 15) is 0 Å². The number of aromatic nitrogens is 2. The molecule has 20 heavy (non-hydrogen) atoms. The third kappa shape index (κ3) is 2.09. The number of benzene rings is 1. The van der Waals surface area contributed by atoms with Crippen LogP contribution in [0.25, 0.3) is 5.65 Å². The SMILES string of the molecule is N#Cc1ccccc1Oc1nc2ccccn2c1CCl. The fraction of sp³-hybridized carbons (Fsp3) is 0.0667. The summed E-state index contributed by atoms with van der Waals surface area (Å²) >= 11 is 5.99. The van der Waals surface area contributed by atoms with Gasteiger partial charge >= 0.3 is 0 Å². The Morgan fingerprint density at radius 3 is 2.80 bits per heavy atom. The van der Waals surface area contributed by atoms with E-state index in [1.807, 2.05) is 34.9 Å². The van der Waals surface area contributed by atoms with Gasteiger partial charge in [0.25, 0.3) is 0 Å². The molecule has 0 aliphatic carbocycles. The fourth-order valence-electron chi connectivity index (χ4n) is 1.98. The number of hydrogen-bond acceptors (Lipinski definition) is 3. The molecular weight excluding hydrogens is 274 g/mol. The van der Waals surface area contributed by atoms with Gasteiger partial charge in [0.05, 0.1) is 11.4 Å². The van der Waals surface area contributed by atoms with Crippen LogP contribution in [0.15, 0.2) is 48.7 Å². The second kappa shape index (κ2) is 5.24. The summed E-state index contributed by atoms with van der Waals surface area (Å²) < 4.78 is 7.64. The Morgan fingerprint density at radius 1 is 1.20 bits per heavy atom. The van der Waals surface area contributed by atoms with Crippen LogP contribution in [0.2, 0.25) is 0 Å². The largest absolute Gasteiger partial charge is 0.436 e. The normalized spacial score (nSPS) is 10.4. The topological polar surface area (TPSA) is 50.3 Å². The van der Waals surface area contributed by atoms with Gasteiger partial charge in [-0.25, -0.2) is 0 Å². The van der Waals surface area contributed by atoms with Crippen LogP contribution in [0.3, 0.4) is 0 Å². The van der Waals surface area contributed by atoms with Gasteiger partial charge in [-0.3, -0.25) is 4.40 Å². The Kier molecular flexibility index (Phi) is 3.28. The third-order valence-electron chi connectivity index (χ3n) is 2.93. The van der Waals surface area contributed by atoms with E-state index in [0.29, 0.717) is 17.2 Å². The summed E-state index contributed by atoms with van der Waals surface area (Å²) in [4.78, 5) is 4.40. The molecule has 0 spiro atoms. The molecule has 0 unspecified atom stereocenters. The van der Waals surface area contributed by atoms with Crippen LogP contribution in [0.4, 0.5) is 0 Å². The van der Waals surface area contributed by atoms with E-state index in [2.05, 4.69) is 11.1 Å². The number of nitrogens with zero attached hydrogens (tertiary/aromatic N) is 3. The van der Waals surface area contributed by atoms with E-state index in [4.69, 9.17) is 21.6 Å². The van der Waals surface area contributed by atoms with Gasteiger partial charge in [0, 0.05) is 6.20 Å². The van der Waals surface area contributed by atoms with E-state index >= 15 is 0 Å². The molecule has 4 nitrogen and oxygen atoms in total. The Hall–Kier alpha value is -2.51. The number of halogens is 1. The zero-order valence-corrected chi connectivity index (χ0v) is 11.2. The minimum atomic E-state index is 0.273. The zero-order valence-electron chi connectivity index (χ0n) is 10.5. The molecule has 0 N–H and O–H groups in total. The Bertz CT molecular complexity index is 804. The molecule has 0 saturated carbocycles. The number of para-hydroxylation sites is 1. The summed E-state index contributed by atoms with van der Waals surface area (Å²) in [5.74, 6) is 1.17. The van der Waals surface area contributed by atoms with Gasteiger partial charge in [0.1, 0.15) is 23.2 Å². The van der Waals surface area contributed by atoms with Crippen molar-refractivity contribution in [1.82, 2.24) is 9.38 Å². The van der Waals surface area contributed by atoms with Crippen molar-refractivity contribution in [3.63, 3.8) is 0 Å². The number of pyridine rings is 1. The molecule has 2 heterocycles. The predicted octanol–water partition coefficient (Wildman–Crippen LogP) is 3.74. The van der Waals surface area contributed by atoms with Crippen molar-refractivity contribution in [2.75, 3.05) is 0 Å². The van der Waals surface area contributed by atoms with E-state index in [1.54, 1.807) is 18.2 Å². The minimum absolute atomic E-state index is 0.273.